The van der Waals surface area contributed by atoms with Crippen molar-refractivity contribution in [1.29, 1.82) is 0 Å². The highest BCUT2D eigenvalue weighted by Gasteiger charge is 2.09. The van der Waals surface area contributed by atoms with Crippen LogP contribution in [0, 0.1) is 5.82 Å². The van der Waals surface area contributed by atoms with Crippen molar-refractivity contribution in [1.82, 2.24) is 0 Å². The van der Waals surface area contributed by atoms with Crippen LogP contribution in [0.1, 0.15) is 5.56 Å². The third kappa shape index (κ3) is 2.60. The van der Waals surface area contributed by atoms with Crippen LogP contribution in [0.2, 0.25) is 0 Å². The third-order valence-corrected chi connectivity index (χ3v) is 2.52. The van der Waals surface area contributed by atoms with Gasteiger partial charge in [-0.15, -0.1) is 0 Å². The molecule has 0 saturated carbocycles. The lowest BCUT2D eigenvalue weighted by Gasteiger charge is -2.10. The molecule has 3 nitrogen and oxygen atoms in total. The van der Waals surface area contributed by atoms with Gasteiger partial charge in [-0.2, -0.15) is 0 Å². The normalized spacial score (nSPS) is 10.2. The molecule has 1 N–H and O–H groups in total. The minimum atomic E-state index is -0.483. The van der Waals surface area contributed by atoms with Gasteiger partial charge in [0.1, 0.15) is 23.1 Å². The summed E-state index contributed by atoms with van der Waals surface area (Å²) in [5.74, 6) is 1.09. The van der Waals surface area contributed by atoms with E-state index in [1.807, 2.05) is 0 Å². The number of aliphatic hydroxyl groups is 1. The van der Waals surface area contributed by atoms with E-state index in [1.54, 1.807) is 37.4 Å². The first-order chi connectivity index (χ1) is 8.74. The number of rotatable bonds is 4. The van der Waals surface area contributed by atoms with Gasteiger partial charge in [-0.3, -0.25) is 0 Å². The molecule has 18 heavy (non-hydrogen) atoms. The van der Waals surface area contributed by atoms with Gasteiger partial charge in [0, 0.05) is 0 Å². The minimum Gasteiger partial charge on any atom is -0.497 e. The molecule has 0 aliphatic rings. The molecule has 0 spiro atoms. The molecule has 0 aliphatic heterocycles. The van der Waals surface area contributed by atoms with E-state index in [0.717, 1.165) is 0 Å². The fourth-order valence-corrected chi connectivity index (χ4v) is 1.56. The Labute approximate surface area is 104 Å². The number of ether oxygens (including phenoxy) is 2. The van der Waals surface area contributed by atoms with Gasteiger partial charge in [0.15, 0.2) is 0 Å². The lowest BCUT2D eigenvalue weighted by atomic mass is 10.2. The number of hydrogen-bond donors (Lipinski definition) is 1. The van der Waals surface area contributed by atoms with Gasteiger partial charge in [-0.1, -0.05) is 6.07 Å². The second-order valence-electron chi connectivity index (χ2n) is 3.65. The summed E-state index contributed by atoms with van der Waals surface area (Å²) in [5, 5.41) is 9.12. The van der Waals surface area contributed by atoms with Gasteiger partial charge in [0.25, 0.3) is 0 Å². The zero-order valence-electron chi connectivity index (χ0n) is 9.89. The van der Waals surface area contributed by atoms with Crippen LogP contribution in [-0.2, 0) is 6.61 Å². The van der Waals surface area contributed by atoms with Crippen LogP contribution in [-0.4, -0.2) is 12.2 Å². The molecule has 0 radical (unpaired) electrons. The summed E-state index contributed by atoms with van der Waals surface area (Å²) in [4.78, 5) is 0. The Balaban J connectivity index is 2.25. The molecule has 0 saturated heterocycles. The molecule has 0 aromatic heterocycles. The van der Waals surface area contributed by atoms with E-state index in [2.05, 4.69) is 0 Å². The van der Waals surface area contributed by atoms with Crippen molar-refractivity contribution in [2.75, 3.05) is 7.11 Å². The molecule has 0 aliphatic carbocycles. The maximum atomic E-state index is 13.4. The van der Waals surface area contributed by atoms with E-state index in [9.17, 15) is 4.39 Å². The summed E-state index contributed by atoms with van der Waals surface area (Å²) >= 11 is 0. The van der Waals surface area contributed by atoms with Gasteiger partial charge >= 0.3 is 0 Å². The quantitative estimate of drug-likeness (QED) is 0.903. The van der Waals surface area contributed by atoms with Crippen molar-refractivity contribution < 1.29 is 19.0 Å². The van der Waals surface area contributed by atoms with Gasteiger partial charge < -0.3 is 14.6 Å². The fourth-order valence-electron chi connectivity index (χ4n) is 1.56. The molecule has 0 unspecified atom stereocenters. The minimum absolute atomic E-state index is 0.147. The Morgan fingerprint density at radius 1 is 1.06 bits per heavy atom. The second-order valence-corrected chi connectivity index (χ2v) is 3.65. The van der Waals surface area contributed by atoms with Crippen LogP contribution in [0.3, 0.4) is 0 Å². The Kier molecular flexibility index (Phi) is 3.79. The zero-order valence-corrected chi connectivity index (χ0v) is 9.89. The molecular weight excluding hydrogens is 235 g/mol. The zero-order chi connectivity index (χ0) is 13.0. The van der Waals surface area contributed by atoms with E-state index < -0.39 is 12.4 Å². The lowest BCUT2D eigenvalue weighted by molar-refractivity contribution is 0.270. The largest absolute Gasteiger partial charge is 0.497 e. The molecule has 0 amide bonds. The second kappa shape index (κ2) is 5.51. The Morgan fingerprint density at radius 2 is 1.72 bits per heavy atom. The number of methoxy groups -OCH3 is 1. The highest BCUT2D eigenvalue weighted by atomic mass is 19.1. The van der Waals surface area contributed by atoms with E-state index in [-0.39, 0.29) is 5.56 Å². The van der Waals surface area contributed by atoms with E-state index in [4.69, 9.17) is 14.6 Å². The van der Waals surface area contributed by atoms with Crippen molar-refractivity contribution in [3.05, 3.63) is 53.8 Å². The average Bonchev–Trinajstić information content (AvgIpc) is 2.40. The molecule has 2 aromatic rings. The van der Waals surface area contributed by atoms with Crippen LogP contribution in [0.25, 0.3) is 0 Å². The highest BCUT2D eigenvalue weighted by Crippen LogP contribution is 2.28. The number of halogens is 1. The average molecular weight is 248 g/mol. The smallest absolute Gasteiger partial charge is 0.135 e. The van der Waals surface area contributed by atoms with Crippen LogP contribution >= 0.6 is 0 Å². The Hall–Kier alpha value is -2.07. The summed E-state index contributed by atoms with van der Waals surface area (Å²) in [6.45, 7) is -0.405. The summed E-state index contributed by atoms with van der Waals surface area (Å²) in [6, 6.07) is 11.3. The maximum Gasteiger partial charge on any atom is 0.135 e. The topological polar surface area (TPSA) is 38.7 Å². The summed E-state index contributed by atoms with van der Waals surface area (Å²) in [5.41, 5.74) is 0.147. The first-order valence-electron chi connectivity index (χ1n) is 5.44. The number of benzene rings is 2. The van der Waals surface area contributed by atoms with Gasteiger partial charge in [0.2, 0.25) is 0 Å². The standard InChI is InChI=1S/C14H13FO3/c1-17-10-5-7-11(8-6-10)18-14-4-2-3-13(15)12(14)9-16/h2-8,16H,9H2,1H3. The van der Waals surface area contributed by atoms with Crippen LogP contribution < -0.4 is 9.47 Å². The van der Waals surface area contributed by atoms with Crippen LogP contribution in [0.15, 0.2) is 42.5 Å². The molecule has 2 aromatic carbocycles. The van der Waals surface area contributed by atoms with Crippen LogP contribution in [0.5, 0.6) is 17.2 Å². The summed E-state index contributed by atoms with van der Waals surface area (Å²) in [7, 11) is 1.58. The number of hydrogen-bond acceptors (Lipinski definition) is 3. The van der Waals surface area contributed by atoms with Crippen molar-refractivity contribution in [2.24, 2.45) is 0 Å². The summed E-state index contributed by atoms with van der Waals surface area (Å²) in [6.07, 6.45) is 0. The SMILES string of the molecule is COc1ccc(Oc2cccc(F)c2CO)cc1. The molecule has 0 heterocycles. The van der Waals surface area contributed by atoms with Gasteiger partial charge in [0.05, 0.1) is 19.3 Å². The Morgan fingerprint density at radius 3 is 2.33 bits per heavy atom. The maximum absolute atomic E-state index is 13.4. The molecule has 4 heteroatoms. The van der Waals surface area contributed by atoms with Gasteiger partial charge in [-0.05, 0) is 36.4 Å². The molecule has 0 bridgehead atoms. The first-order valence-corrected chi connectivity index (χ1v) is 5.44. The molecule has 94 valence electrons. The van der Waals surface area contributed by atoms with E-state index in [0.29, 0.717) is 17.2 Å². The predicted molar refractivity (Wildman–Crippen MR) is 65.4 cm³/mol. The van der Waals surface area contributed by atoms with E-state index >= 15 is 0 Å². The van der Waals surface area contributed by atoms with Crippen molar-refractivity contribution >= 4 is 0 Å². The van der Waals surface area contributed by atoms with Crippen LogP contribution in [0.4, 0.5) is 4.39 Å². The fraction of sp³-hybridized carbons (Fsp3) is 0.143. The predicted octanol–water partition coefficient (Wildman–Crippen LogP) is 3.12. The van der Waals surface area contributed by atoms with Crippen molar-refractivity contribution in [3.63, 3.8) is 0 Å². The number of aliphatic hydroxyl groups excluding tert-OH is 1. The Bertz CT molecular complexity index is 523. The lowest BCUT2D eigenvalue weighted by Crippen LogP contribution is -1.95. The van der Waals surface area contributed by atoms with Crippen molar-refractivity contribution in [3.8, 4) is 17.2 Å². The third-order valence-electron chi connectivity index (χ3n) is 2.52. The highest BCUT2D eigenvalue weighted by molar-refractivity contribution is 5.39. The molecule has 0 atom stereocenters. The molecule has 2 rings (SSSR count). The van der Waals surface area contributed by atoms with Crippen molar-refractivity contribution in [2.45, 2.75) is 6.61 Å². The molecular formula is C14H13FO3. The van der Waals surface area contributed by atoms with E-state index in [1.165, 1.54) is 12.1 Å². The summed E-state index contributed by atoms with van der Waals surface area (Å²) < 4.78 is 24.0. The molecule has 0 fully saturated rings. The van der Waals surface area contributed by atoms with Gasteiger partial charge in [-0.25, -0.2) is 4.39 Å². The first kappa shape index (κ1) is 12.4. The monoisotopic (exact) mass is 248 g/mol.